The summed E-state index contributed by atoms with van der Waals surface area (Å²) >= 11 is 0. The molecule has 0 aromatic carbocycles. The molecule has 0 aliphatic rings. The minimum atomic E-state index is -0.477. The molecule has 2 aromatic rings. The normalized spacial score (nSPS) is 12.2. The van der Waals surface area contributed by atoms with Crippen LogP contribution in [0.3, 0.4) is 0 Å². The van der Waals surface area contributed by atoms with Crippen LogP contribution in [0, 0.1) is 0 Å². The van der Waals surface area contributed by atoms with E-state index in [1.807, 2.05) is 42.3 Å². The van der Waals surface area contributed by atoms with Gasteiger partial charge >= 0.3 is 0 Å². The van der Waals surface area contributed by atoms with Crippen molar-refractivity contribution in [3.63, 3.8) is 0 Å². The Labute approximate surface area is 107 Å². The predicted molar refractivity (Wildman–Crippen MR) is 71.2 cm³/mol. The first-order valence-electron chi connectivity index (χ1n) is 5.92. The molecule has 2 rings (SSSR count). The summed E-state index contributed by atoms with van der Waals surface area (Å²) in [7, 11) is 1.96. The van der Waals surface area contributed by atoms with E-state index in [2.05, 4.69) is 9.97 Å². The van der Waals surface area contributed by atoms with E-state index in [-0.39, 0.29) is 0 Å². The number of hydrogen-bond donors (Lipinski definition) is 1. The molecule has 0 saturated carbocycles. The van der Waals surface area contributed by atoms with Crippen LogP contribution in [-0.2, 0) is 6.54 Å². The zero-order valence-corrected chi connectivity index (χ0v) is 10.6. The van der Waals surface area contributed by atoms with E-state index in [1.165, 1.54) is 0 Å². The van der Waals surface area contributed by atoms with Crippen LogP contribution < -0.4 is 4.90 Å². The van der Waals surface area contributed by atoms with Crippen molar-refractivity contribution in [3.8, 4) is 0 Å². The topological polar surface area (TPSA) is 49.3 Å². The molecule has 1 atom stereocenters. The lowest BCUT2D eigenvalue weighted by atomic mass is 10.1. The molecule has 2 aromatic heterocycles. The van der Waals surface area contributed by atoms with Gasteiger partial charge < -0.3 is 10.0 Å². The lowest BCUT2D eigenvalue weighted by Crippen LogP contribution is -2.18. The number of rotatable bonds is 4. The summed E-state index contributed by atoms with van der Waals surface area (Å²) in [6.07, 6.45) is 3.02. The van der Waals surface area contributed by atoms with Crippen LogP contribution in [0.5, 0.6) is 0 Å². The van der Waals surface area contributed by atoms with E-state index in [9.17, 15) is 5.11 Å². The molecule has 4 nitrogen and oxygen atoms in total. The van der Waals surface area contributed by atoms with E-state index < -0.39 is 6.10 Å². The van der Waals surface area contributed by atoms with Gasteiger partial charge in [-0.05, 0) is 36.8 Å². The molecule has 4 heteroatoms. The van der Waals surface area contributed by atoms with Crippen LogP contribution in [-0.4, -0.2) is 22.1 Å². The van der Waals surface area contributed by atoms with Crippen LogP contribution in [0.25, 0.3) is 0 Å². The summed E-state index contributed by atoms with van der Waals surface area (Å²) in [5.41, 5.74) is 1.86. The van der Waals surface area contributed by atoms with E-state index in [4.69, 9.17) is 0 Å². The average Bonchev–Trinajstić information content (AvgIpc) is 2.40. The molecule has 0 radical (unpaired) electrons. The van der Waals surface area contributed by atoms with Crippen molar-refractivity contribution in [2.75, 3.05) is 11.9 Å². The van der Waals surface area contributed by atoms with Crippen LogP contribution in [0.2, 0.25) is 0 Å². The highest BCUT2D eigenvalue weighted by Gasteiger charge is 2.07. The fraction of sp³-hybridized carbons (Fsp3) is 0.286. The van der Waals surface area contributed by atoms with Crippen molar-refractivity contribution in [2.24, 2.45) is 0 Å². The Hall–Kier alpha value is -1.94. The molecule has 0 bridgehead atoms. The molecule has 0 aliphatic heterocycles. The Bertz CT molecular complexity index is 499. The summed E-state index contributed by atoms with van der Waals surface area (Å²) in [6.45, 7) is 2.44. The summed E-state index contributed by atoms with van der Waals surface area (Å²) in [5.74, 6) is 0.832. The molecule has 0 spiro atoms. The van der Waals surface area contributed by atoms with E-state index in [1.54, 1.807) is 19.3 Å². The Kier molecular flexibility index (Phi) is 3.89. The fourth-order valence-corrected chi connectivity index (χ4v) is 1.72. The van der Waals surface area contributed by atoms with Crippen LogP contribution in [0.15, 0.2) is 42.7 Å². The molecular formula is C14H17N3O. The van der Waals surface area contributed by atoms with Crippen molar-refractivity contribution >= 4 is 5.82 Å². The van der Waals surface area contributed by atoms with Gasteiger partial charge in [0.15, 0.2) is 0 Å². The van der Waals surface area contributed by atoms with Crippen LogP contribution in [0.1, 0.15) is 24.3 Å². The summed E-state index contributed by atoms with van der Waals surface area (Å²) in [4.78, 5) is 10.6. The zero-order valence-electron chi connectivity index (χ0n) is 10.6. The van der Waals surface area contributed by atoms with Crippen LogP contribution in [0.4, 0.5) is 5.82 Å². The van der Waals surface area contributed by atoms with Gasteiger partial charge in [-0.3, -0.25) is 4.98 Å². The van der Waals surface area contributed by atoms with Crippen molar-refractivity contribution < 1.29 is 5.11 Å². The fourth-order valence-electron chi connectivity index (χ4n) is 1.72. The first-order chi connectivity index (χ1) is 8.66. The Balaban J connectivity index is 2.14. The van der Waals surface area contributed by atoms with Gasteiger partial charge in [0.1, 0.15) is 5.82 Å². The number of nitrogens with zero attached hydrogens (tertiary/aromatic N) is 3. The van der Waals surface area contributed by atoms with Gasteiger partial charge in [-0.1, -0.05) is 6.07 Å². The Morgan fingerprint density at radius 1 is 1.22 bits per heavy atom. The monoisotopic (exact) mass is 243 g/mol. The minimum Gasteiger partial charge on any atom is -0.389 e. The van der Waals surface area contributed by atoms with Gasteiger partial charge in [0.2, 0.25) is 0 Å². The van der Waals surface area contributed by atoms with E-state index in [0.29, 0.717) is 6.54 Å². The second-order valence-electron chi connectivity index (χ2n) is 4.30. The molecule has 0 fully saturated rings. The molecule has 18 heavy (non-hydrogen) atoms. The number of aliphatic hydroxyl groups excluding tert-OH is 1. The van der Waals surface area contributed by atoms with Gasteiger partial charge in [0.25, 0.3) is 0 Å². The summed E-state index contributed by atoms with van der Waals surface area (Å²) < 4.78 is 0. The number of anilines is 1. The Morgan fingerprint density at radius 2 is 2.06 bits per heavy atom. The van der Waals surface area contributed by atoms with Gasteiger partial charge in [-0.25, -0.2) is 4.98 Å². The summed E-state index contributed by atoms with van der Waals surface area (Å²) in [6, 6.07) is 9.57. The molecule has 0 aliphatic carbocycles. The third-order valence-electron chi connectivity index (χ3n) is 2.77. The second-order valence-corrected chi connectivity index (χ2v) is 4.30. The molecular weight excluding hydrogens is 226 g/mol. The molecule has 2 heterocycles. The molecule has 1 N–H and O–H groups in total. The largest absolute Gasteiger partial charge is 0.389 e. The summed E-state index contributed by atoms with van der Waals surface area (Å²) in [5, 5.41) is 9.56. The van der Waals surface area contributed by atoms with Crippen molar-refractivity contribution in [3.05, 3.63) is 54.0 Å². The van der Waals surface area contributed by atoms with Gasteiger partial charge in [0, 0.05) is 19.4 Å². The molecule has 0 saturated heterocycles. The van der Waals surface area contributed by atoms with Crippen molar-refractivity contribution in [1.82, 2.24) is 9.97 Å². The van der Waals surface area contributed by atoms with Crippen molar-refractivity contribution in [2.45, 2.75) is 19.6 Å². The van der Waals surface area contributed by atoms with Crippen molar-refractivity contribution in [1.29, 1.82) is 0 Å². The standard InChI is InChI=1S/C14H17N3O/c1-11(18)12-6-8-16-14(9-12)17(2)10-13-5-3-4-7-15-13/h3-9,11,18H,10H2,1-2H3/t11-/m1/s1. The van der Waals surface area contributed by atoms with E-state index in [0.717, 1.165) is 17.1 Å². The second kappa shape index (κ2) is 5.60. The van der Waals surface area contributed by atoms with E-state index >= 15 is 0 Å². The minimum absolute atomic E-state index is 0.477. The maximum Gasteiger partial charge on any atom is 0.128 e. The van der Waals surface area contributed by atoms with Crippen LogP contribution >= 0.6 is 0 Å². The molecule has 0 amide bonds. The number of hydrogen-bond acceptors (Lipinski definition) is 4. The lowest BCUT2D eigenvalue weighted by molar-refractivity contribution is 0.199. The van der Waals surface area contributed by atoms with Gasteiger partial charge in [-0.2, -0.15) is 0 Å². The van der Waals surface area contributed by atoms with Gasteiger partial charge in [-0.15, -0.1) is 0 Å². The highest BCUT2D eigenvalue weighted by atomic mass is 16.3. The first-order valence-corrected chi connectivity index (χ1v) is 5.92. The highest BCUT2D eigenvalue weighted by molar-refractivity contribution is 5.41. The maximum absolute atomic E-state index is 9.56. The predicted octanol–water partition coefficient (Wildman–Crippen LogP) is 2.17. The smallest absolute Gasteiger partial charge is 0.128 e. The zero-order chi connectivity index (χ0) is 13.0. The number of aromatic nitrogens is 2. The molecule has 0 unspecified atom stereocenters. The third kappa shape index (κ3) is 3.05. The molecule has 94 valence electrons. The highest BCUT2D eigenvalue weighted by Crippen LogP contribution is 2.18. The number of pyridine rings is 2. The quantitative estimate of drug-likeness (QED) is 0.894. The maximum atomic E-state index is 9.56. The first kappa shape index (κ1) is 12.5. The van der Waals surface area contributed by atoms with Gasteiger partial charge in [0.05, 0.1) is 18.3 Å². The lowest BCUT2D eigenvalue weighted by Gasteiger charge is -2.18. The number of aliphatic hydroxyl groups is 1. The third-order valence-corrected chi connectivity index (χ3v) is 2.77. The average molecular weight is 243 g/mol. The SMILES string of the molecule is C[C@@H](O)c1ccnc(N(C)Cc2ccccn2)c1. The Morgan fingerprint density at radius 3 is 2.72 bits per heavy atom.